The Morgan fingerprint density at radius 3 is 3.06 bits per heavy atom. The molecule has 4 heteroatoms. The lowest BCUT2D eigenvalue weighted by Crippen LogP contribution is -2.54. The molecule has 2 aliphatic rings. The van der Waals surface area contributed by atoms with Crippen LogP contribution >= 0.6 is 11.8 Å². The second-order valence-corrected chi connectivity index (χ2v) is 5.43. The Kier molecular flexibility index (Phi) is 2.06. The van der Waals surface area contributed by atoms with Crippen LogP contribution in [0.2, 0.25) is 0 Å². The second kappa shape index (κ2) is 3.25. The van der Waals surface area contributed by atoms with Gasteiger partial charge < -0.3 is 10.0 Å². The van der Waals surface area contributed by atoms with Crippen molar-refractivity contribution in [2.24, 2.45) is 0 Å². The SMILES string of the molecule is C[C@@H]1CSC[C@@]2(O)c3ccccc3C(=O)N12. The molecule has 1 fully saturated rings. The number of aliphatic hydroxyl groups is 1. The third kappa shape index (κ3) is 1.11. The quantitative estimate of drug-likeness (QED) is 0.739. The van der Waals surface area contributed by atoms with E-state index in [1.165, 1.54) is 0 Å². The number of amides is 1. The molecule has 3 rings (SSSR count). The Bertz CT molecular complexity index is 462. The summed E-state index contributed by atoms with van der Waals surface area (Å²) in [5.41, 5.74) is 0.328. The minimum atomic E-state index is -1.09. The predicted molar refractivity (Wildman–Crippen MR) is 63.3 cm³/mol. The van der Waals surface area contributed by atoms with Crippen molar-refractivity contribution in [2.75, 3.05) is 11.5 Å². The summed E-state index contributed by atoms with van der Waals surface area (Å²) in [6, 6.07) is 7.45. The van der Waals surface area contributed by atoms with Crippen molar-refractivity contribution in [1.29, 1.82) is 0 Å². The van der Waals surface area contributed by atoms with Crippen LogP contribution in [0.25, 0.3) is 0 Å². The lowest BCUT2D eigenvalue weighted by molar-refractivity contribution is -0.0808. The van der Waals surface area contributed by atoms with Crippen molar-refractivity contribution >= 4 is 17.7 Å². The van der Waals surface area contributed by atoms with Crippen LogP contribution in [0.1, 0.15) is 22.8 Å². The highest BCUT2D eigenvalue weighted by Gasteiger charge is 2.52. The number of hydrogen-bond acceptors (Lipinski definition) is 3. The highest BCUT2D eigenvalue weighted by Crippen LogP contribution is 2.43. The third-order valence-electron chi connectivity index (χ3n) is 3.31. The molecule has 84 valence electrons. The highest BCUT2D eigenvalue weighted by molar-refractivity contribution is 7.99. The number of thioether (sulfide) groups is 1. The Labute approximate surface area is 98.4 Å². The molecule has 0 spiro atoms. The third-order valence-corrected chi connectivity index (χ3v) is 4.63. The lowest BCUT2D eigenvalue weighted by Gasteiger charge is -2.42. The largest absolute Gasteiger partial charge is 0.366 e. The van der Waals surface area contributed by atoms with Crippen LogP contribution in [0.5, 0.6) is 0 Å². The lowest BCUT2D eigenvalue weighted by atomic mass is 10.0. The van der Waals surface area contributed by atoms with Crippen molar-refractivity contribution in [1.82, 2.24) is 4.90 Å². The van der Waals surface area contributed by atoms with Crippen LogP contribution in [0.4, 0.5) is 0 Å². The predicted octanol–water partition coefficient (Wildman–Crippen LogP) is 1.42. The molecule has 3 nitrogen and oxygen atoms in total. The molecule has 1 aromatic rings. The van der Waals surface area contributed by atoms with Crippen LogP contribution < -0.4 is 0 Å². The summed E-state index contributed by atoms with van der Waals surface area (Å²) in [7, 11) is 0. The molecule has 16 heavy (non-hydrogen) atoms. The highest BCUT2D eigenvalue weighted by atomic mass is 32.2. The summed E-state index contributed by atoms with van der Waals surface area (Å²) >= 11 is 1.70. The molecular formula is C12H13NO2S. The average Bonchev–Trinajstić information content (AvgIpc) is 2.50. The van der Waals surface area contributed by atoms with Gasteiger partial charge in [0.1, 0.15) is 0 Å². The van der Waals surface area contributed by atoms with E-state index in [1.807, 2.05) is 25.1 Å². The van der Waals surface area contributed by atoms with Gasteiger partial charge in [0.25, 0.3) is 5.91 Å². The summed E-state index contributed by atoms with van der Waals surface area (Å²) in [6.07, 6.45) is 0. The normalized spacial score (nSPS) is 32.5. The number of nitrogens with zero attached hydrogens (tertiary/aromatic N) is 1. The summed E-state index contributed by atoms with van der Waals surface area (Å²) in [4.78, 5) is 13.8. The van der Waals surface area contributed by atoms with Crippen molar-refractivity contribution in [3.8, 4) is 0 Å². The molecule has 0 unspecified atom stereocenters. The van der Waals surface area contributed by atoms with Crippen molar-refractivity contribution in [3.05, 3.63) is 35.4 Å². The van der Waals surface area contributed by atoms with Crippen LogP contribution in [-0.4, -0.2) is 33.5 Å². The van der Waals surface area contributed by atoms with Crippen LogP contribution in [0.3, 0.4) is 0 Å². The molecule has 2 heterocycles. The maximum Gasteiger partial charge on any atom is 0.257 e. The number of fused-ring (bicyclic) bond motifs is 3. The molecule has 1 saturated heterocycles. The van der Waals surface area contributed by atoms with E-state index in [0.717, 1.165) is 11.3 Å². The van der Waals surface area contributed by atoms with Gasteiger partial charge in [-0.25, -0.2) is 0 Å². The van der Waals surface area contributed by atoms with Gasteiger partial charge >= 0.3 is 0 Å². The van der Waals surface area contributed by atoms with Gasteiger partial charge in [0, 0.05) is 28.7 Å². The number of rotatable bonds is 0. The van der Waals surface area contributed by atoms with Gasteiger partial charge in [0.2, 0.25) is 0 Å². The molecule has 0 aromatic heterocycles. The summed E-state index contributed by atoms with van der Waals surface area (Å²) in [5, 5.41) is 10.7. The minimum absolute atomic E-state index is 0.0362. The van der Waals surface area contributed by atoms with E-state index >= 15 is 0 Å². The zero-order chi connectivity index (χ0) is 11.3. The van der Waals surface area contributed by atoms with E-state index in [0.29, 0.717) is 11.3 Å². The van der Waals surface area contributed by atoms with Crippen molar-refractivity contribution in [2.45, 2.75) is 18.7 Å². The van der Waals surface area contributed by atoms with E-state index in [-0.39, 0.29) is 11.9 Å². The fourth-order valence-electron chi connectivity index (χ4n) is 2.60. The zero-order valence-electron chi connectivity index (χ0n) is 9.01. The number of hydrogen-bond donors (Lipinski definition) is 1. The smallest absolute Gasteiger partial charge is 0.257 e. The van der Waals surface area contributed by atoms with E-state index in [9.17, 15) is 9.90 Å². The van der Waals surface area contributed by atoms with Gasteiger partial charge in [0.15, 0.2) is 5.72 Å². The second-order valence-electron chi connectivity index (χ2n) is 4.40. The number of carbonyl (C=O) groups excluding carboxylic acids is 1. The van der Waals surface area contributed by atoms with Gasteiger partial charge in [-0.1, -0.05) is 18.2 Å². The fourth-order valence-corrected chi connectivity index (χ4v) is 3.79. The Morgan fingerprint density at radius 2 is 2.25 bits per heavy atom. The average molecular weight is 235 g/mol. The van der Waals surface area contributed by atoms with Gasteiger partial charge in [-0.05, 0) is 13.0 Å². The maximum atomic E-state index is 12.2. The zero-order valence-corrected chi connectivity index (χ0v) is 9.83. The van der Waals surface area contributed by atoms with Gasteiger partial charge in [0.05, 0.1) is 0 Å². The molecule has 1 aromatic carbocycles. The van der Waals surface area contributed by atoms with Gasteiger partial charge in [-0.3, -0.25) is 4.79 Å². The minimum Gasteiger partial charge on any atom is -0.366 e. The Hall–Kier alpha value is -1.00. The van der Waals surface area contributed by atoms with Crippen molar-refractivity contribution in [3.63, 3.8) is 0 Å². The first-order valence-corrected chi connectivity index (χ1v) is 6.53. The molecule has 0 aliphatic carbocycles. The van der Waals surface area contributed by atoms with E-state index in [1.54, 1.807) is 22.7 Å². The molecular weight excluding hydrogens is 222 g/mol. The summed E-state index contributed by atoms with van der Waals surface area (Å²) < 4.78 is 0. The molecule has 0 radical (unpaired) electrons. The monoisotopic (exact) mass is 235 g/mol. The fraction of sp³-hybridized carbons (Fsp3) is 0.417. The number of benzene rings is 1. The molecule has 2 atom stereocenters. The number of carbonyl (C=O) groups is 1. The molecule has 1 amide bonds. The molecule has 1 N–H and O–H groups in total. The van der Waals surface area contributed by atoms with E-state index in [2.05, 4.69) is 0 Å². The molecule has 0 bridgehead atoms. The summed E-state index contributed by atoms with van der Waals surface area (Å²) in [5.74, 6) is 1.42. The van der Waals surface area contributed by atoms with E-state index in [4.69, 9.17) is 0 Å². The topological polar surface area (TPSA) is 40.5 Å². The van der Waals surface area contributed by atoms with Gasteiger partial charge in [-0.15, -0.1) is 0 Å². The van der Waals surface area contributed by atoms with Gasteiger partial charge in [-0.2, -0.15) is 11.8 Å². The van der Waals surface area contributed by atoms with Crippen LogP contribution in [0.15, 0.2) is 24.3 Å². The first kappa shape index (κ1) is 10.2. The molecule has 2 aliphatic heterocycles. The Balaban J connectivity index is 2.20. The first-order chi connectivity index (χ1) is 7.64. The maximum absolute atomic E-state index is 12.2. The standard InChI is InChI=1S/C12H13NO2S/c1-8-6-16-7-12(15)10-5-3-2-4-9(10)11(14)13(8)12/h2-5,8,15H,6-7H2,1H3/t8-,12-/m1/s1. The Morgan fingerprint density at radius 1 is 1.50 bits per heavy atom. The molecule has 0 saturated carbocycles. The van der Waals surface area contributed by atoms with E-state index < -0.39 is 5.72 Å². The summed E-state index contributed by atoms with van der Waals surface area (Å²) in [6.45, 7) is 1.99. The van der Waals surface area contributed by atoms with Crippen LogP contribution in [-0.2, 0) is 5.72 Å². The van der Waals surface area contributed by atoms with Crippen LogP contribution in [0, 0.1) is 0 Å². The van der Waals surface area contributed by atoms with Crippen molar-refractivity contribution < 1.29 is 9.90 Å². The first-order valence-electron chi connectivity index (χ1n) is 5.38.